The molecule has 0 spiro atoms. The van der Waals surface area contributed by atoms with E-state index < -0.39 is 17.1 Å². The van der Waals surface area contributed by atoms with Gasteiger partial charge in [-0.2, -0.15) is 0 Å². The molecule has 9 heteroatoms. The zero-order chi connectivity index (χ0) is 15.9. The number of hydrogen-bond acceptors (Lipinski definition) is 4. The summed E-state index contributed by atoms with van der Waals surface area (Å²) in [4.78, 5) is 27.0. The highest BCUT2D eigenvalue weighted by Gasteiger charge is 2.13. The number of aromatic amines is 1. The van der Waals surface area contributed by atoms with Crippen LogP contribution in [0.4, 0.5) is 4.39 Å². The molecule has 114 valence electrons. The zero-order valence-electron chi connectivity index (χ0n) is 11.5. The normalized spacial score (nSPS) is 11.2. The number of halogens is 2. The van der Waals surface area contributed by atoms with Gasteiger partial charge in [0.1, 0.15) is 5.82 Å². The Morgan fingerprint density at radius 3 is 2.86 bits per heavy atom. The van der Waals surface area contributed by atoms with Crippen LogP contribution in [-0.4, -0.2) is 24.5 Å². The van der Waals surface area contributed by atoms with Crippen molar-refractivity contribution in [2.75, 3.05) is 0 Å². The molecule has 0 saturated carbocycles. The lowest BCUT2D eigenvalue weighted by Gasteiger charge is -2.07. The van der Waals surface area contributed by atoms with E-state index >= 15 is 0 Å². The van der Waals surface area contributed by atoms with Crippen LogP contribution in [0.3, 0.4) is 0 Å². The number of nitrogens with zero attached hydrogens (tertiary/aromatic N) is 4. The Hall–Kier alpha value is -2.48. The Balaban J connectivity index is 2.20. The summed E-state index contributed by atoms with van der Waals surface area (Å²) < 4.78 is 16.0. The monoisotopic (exact) mass is 323 g/mol. The molecule has 0 atom stereocenters. The van der Waals surface area contributed by atoms with Gasteiger partial charge < -0.3 is 4.98 Å². The van der Waals surface area contributed by atoms with E-state index in [0.717, 1.165) is 10.6 Å². The van der Waals surface area contributed by atoms with Crippen molar-refractivity contribution in [3.05, 3.63) is 55.7 Å². The van der Waals surface area contributed by atoms with E-state index in [4.69, 9.17) is 11.6 Å². The Labute approximate surface area is 128 Å². The molecule has 0 amide bonds. The molecule has 0 radical (unpaired) electrons. The Morgan fingerprint density at radius 2 is 2.14 bits per heavy atom. The first-order chi connectivity index (χ1) is 10.5. The van der Waals surface area contributed by atoms with Crippen LogP contribution in [0.15, 0.2) is 27.9 Å². The van der Waals surface area contributed by atoms with Gasteiger partial charge in [-0.15, -0.1) is 5.10 Å². The standard InChI is InChI=1S/C13H11ClFN5O2/c1-2-20-7(5-16-18-20)6-19-12(21)8-3-9(14)10(15)4-11(8)17-13(19)22/h3-5H,2,6H2,1H3,(H,17,22). The van der Waals surface area contributed by atoms with Crippen molar-refractivity contribution in [1.29, 1.82) is 0 Å². The summed E-state index contributed by atoms with van der Waals surface area (Å²) in [7, 11) is 0. The predicted octanol–water partition coefficient (Wildman–Crippen LogP) is 1.14. The minimum atomic E-state index is -0.699. The molecule has 3 rings (SSSR count). The second kappa shape index (κ2) is 5.38. The van der Waals surface area contributed by atoms with Crippen molar-refractivity contribution in [2.45, 2.75) is 20.0 Å². The van der Waals surface area contributed by atoms with Crippen LogP contribution in [0.2, 0.25) is 5.02 Å². The largest absolute Gasteiger partial charge is 0.329 e. The lowest BCUT2D eigenvalue weighted by Crippen LogP contribution is -2.36. The second-order valence-corrected chi connectivity index (χ2v) is 5.08. The van der Waals surface area contributed by atoms with Gasteiger partial charge in [0.15, 0.2) is 0 Å². The topological polar surface area (TPSA) is 85.6 Å². The maximum absolute atomic E-state index is 13.4. The van der Waals surface area contributed by atoms with Gasteiger partial charge in [-0.3, -0.25) is 9.36 Å². The van der Waals surface area contributed by atoms with Crippen LogP contribution in [0, 0.1) is 5.82 Å². The van der Waals surface area contributed by atoms with E-state index in [1.165, 1.54) is 12.3 Å². The lowest BCUT2D eigenvalue weighted by atomic mass is 10.2. The van der Waals surface area contributed by atoms with Crippen molar-refractivity contribution in [2.24, 2.45) is 0 Å². The minimum Gasteiger partial charge on any atom is -0.307 e. The fraction of sp³-hybridized carbons (Fsp3) is 0.231. The average molecular weight is 324 g/mol. The first-order valence-electron chi connectivity index (χ1n) is 6.50. The van der Waals surface area contributed by atoms with Crippen molar-refractivity contribution in [1.82, 2.24) is 24.5 Å². The third-order valence-corrected chi connectivity index (χ3v) is 3.63. The minimum absolute atomic E-state index is 0.0138. The van der Waals surface area contributed by atoms with E-state index in [1.54, 1.807) is 4.68 Å². The van der Waals surface area contributed by atoms with E-state index in [2.05, 4.69) is 15.3 Å². The molecular weight excluding hydrogens is 313 g/mol. The number of aromatic nitrogens is 5. The van der Waals surface area contributed by atoms with E-state index in [-0.39, 0.29) is 22.5 Å². The lowest BCUT2D eigenvalue weighted by molar-refractivity contribution is 0.570. The van der Waals surface area contributed by atoms with Gasteiger partial charge in [-0.1, -0.05) is 16.8 Å². The number of nitrogens with one attached hydrogen (secondary N) is 1. The molecule has 0 aliphatic heterocycles. The Kier molecular flexibility index (Phi) is 3.53. The highest BCUT2D eigenvalue weighted by Crippen LogP contribution is 2.18. The molecule has 3 aromatic rings. The summed E-state index contributed by atoms with van der Waals surface area (Å²) in [5, 5.41) is 7.56. The van der Waals surface area contributed by atoms with Gasteiger partial charge in [-0.05, 0) is 19.1 Å². The molecule has 0 unspecified atom stereocenters. The summed E-state index contributed by atoms with van der Waals surface area (Å²) >= 11 is 5.70. The average Bonchev–Trinajstić information content (AvgIpc) is 2.93. The number of hydrogen-bond donors (Lipinski definition) is 1. The summed E-state index contributed by atoms with van der Waals surface area (Å²) in [5.74, 6) is -0.699. The van der Waals surface area contributed by atoms with Gasteiger partial charge in [0.25, 0.3) is 5.56 Å². The first kappa shape index (κ1) is 14.5. The van der Waals surface area contributed by atoms with Crippen molar-refractivity contribution in [3.63, 3.8) is 0 Å². The number of rotatable bonds is 3. The smallest absolute Gasteiger partial charge is 0.307 e. The molecule has 0 aliphatic carbocycles. The van der Waals surface area contributed by atoms with Crippen molar-refractivity contribution in [3.8, 4) is 0 Å². The van der Waals surface area contributed by atoms with Gasteiger partial charge in [0, 0.05) is 6.54 Å². The second-order valence-electron chi connectivity index (χ2n) is 4.67. The summed E-state index contributed by atoms with van der Waals surface area (Å²) in [6.45, 7) is 2.45. The highest BCUT2D eigenvalue weighted by molar-refractivity contribution is 6.31. The molecular formula is C13H11ClFN5O2. The van der Waals surface area contributed by atoms with Crippen LogP contribution in [-0.2, 0) is 13.1 Å². The van der Waals surface area contributed by atoms with E-state index in [9.17, 15) is 14.0 Å². The maximum atomic E-state index is 13.4. The SMILES string of the molecule is CCn1nncc1Cn1c(=O)[nH]c2cc(F)c(Cl)cc2c1=O. The Bertz CT molecular complexity index is 975. The summed E-state index contributed by atoms with van der Waals surface area (Å²) in [6, 6.07) is 2.24. The van der Waals surface area contributed by atoms with Crippen molar-refractivity contribution < 1.29 is 4.39 Å². The van der Waals surface area contributed by atoms with Crippen LogP contribution in [0.1, 0.15) is 12.6 Å². The van der Waals surface area contributed by atoms with Crippen LogP contribution in [0.25, 0.3) is 10.9 Å². The van der Waals surface area contributed by atoms with Crippen LogP contribution in [0.5, 0.6) is 0 Å². The van der Waals surface area contributed by atoms with E-state index in [1.807, 2.05) is 6.92 Å². The molecule has 7 nitrogen and oxygen atoms in total. The summed E-state index contributed by atoms with van der Waals surface area (Å²) in [6.07, 6.45) is 1.48. The Morgan fingerprint density at radius 1 is 1.36 bits per heavy atom. The molecule has 0 aliphatic rings. The molecule has 2 heterocycles. The maximum Gasteiger partial charge on any atom is 0.329 e. The summed E-state index contributed by atoms with van der Waals surface area (Å²) in [5.41, 5.74) is -0.467. The number of aryl methyl sites for hydroxylation is 1. The fourth-order valence-corrected chi connectivity index (χ4v) is 2.38. The molecule has 1 N–H and O–H groups in total. The number of H-pyrrole nitrogens is 1. The highest BCUT2D eigenvalue weighted by atomic mass is 35.5. The molecule has 0 saturated heterocycles. The van der Waals surface area contributed by atoms with E-state index in [0.29, 0.717) is 12.2 Å². The molecule has 1 aromatic carbocycles. The van der Waals surface area contributed by atoms with Gasteiger partial charge in [-0.25, -0.2) is 13.9 Å². The van der Waals surface area contributed by atoms with Crippen LogP contribution < -0.4 is 11.2 Å². The molecule has 0 fully saturated rings. The predicted molar refractivity (Wildman–Crippen MR) is 78.6 cm³/mol. The first-order valence-corrected chi connectivity index (χ1v) is 6.88. The van der Waals surface area contributed by atoms with Crippen molar-refractivity contribution >= 4 is 22.5 Å². The third kappa shape index (κ3) is 2.31. The van der Waals surface area contributed by atoms with Gasteiger partial charge >= 0.3 is 5.69 Å². The third-order valence-electron chi connectivity index (χ3n) is 3.34. The molecule has 22 heavy (non-hydrogen) atoms. The molecule has 0 bridgehead atoms. The zero-order valence-corrected chi connectivity index (χ0v) is 12.3. The molecule has 2 aromatic heterocycles. The quantitative estimate of drug-likeness (QED) is 0.783. The number of fused-ring (bicyclic) bond motifs is 1. The fourth-order valence-electron chi connectivity index (χ4n) is 2.22. The van der Waals surface area contributed by atoms with Gasteiger partial charge in [0.2, 0.25) is 0 Å². The van der Waals surface area contributed by atoms with Gasteiger partial charge in [0.05, 0.1) is 34.4 Å². The van der Waals surface area contributed by atoms with Crippen LogP contribution >= 0.6 is 11.6 Å². The number of benzene rings is 1.